The molecule has 2 N–H and O–H groups in total. The molecule has 104 valence electrons. The van der Waals surface area contributed by atoms with Crippen LogP contribution < -0.4 is 10.6 Å². The van der Waals surface area contributed by atoms with Crippen molar-refractivity contribution in [2.24, 2.45) is 11.8 Å². The van der Waals surface area contributed by atoms with E-state index in [0.29, 0.717) is 5.92 Å². The molecule has 2 atom stereocenters. The highest BCUT2D eigenvalue weighted by Crippen LogP contribution is 2.32. The average molecular weight is 260 g/mol. The molecule has 1 aromatic carbocycles. The third-order valence-corrected chi connectivity index (χ3v) is 4.04. The van der Waals surface area contributed by atoms with Crippen LogP contribution in [-0.2, 0) is 11.3 Å². The molecule has 1 amide bonds. The van der Waals surface area contributed by atoms with E-state index in [2.05, 4.69) is 30.5 Å². The van der Waals surface area contributed by atoms with Crippen molar-refractivity contribution < 1.29 is 4.79 Å². The zero-order chi connectivity index (χ0) is 13.7. The van der Waals surface area contributed by atoms with Crippen LogP contribution in [-0.4, -0.2) is 12.5 Å². The summed E-state index contributed by atoms with van der Waals surface area (Å²) >= 11 is 0. The van der Waals surface area contributed by atoms with E-state index in [1.807, 2.05) is 18.2 Å². The largest absolute Gasteiger partial charge is 0.326 e. The lowest BCUT2D eigenvalue weighted by Crippen LogP contribution is -2.25. The summed E-state index contributed by atoms with van der Waals surface area (Å²) in [5, 5.41) is 6.42. The van der Waals surface area contributed by atoms with Crippen molar-refractivity contribution in [2.75, 3.05) is 11.9 Å². The molecular formula is C16H24N2O. The molecule has 1 saturated carbocycles. The van der Waals surface area contributed by atoms with Crippen molar-refractivity contribution >= 4 is 11.6 Å². The number of hydrogen-bond acceptors (Lipinski definition) is 2. The van der Waals surface area contributed by atoms with Gasteiger partial charge in [-0.25, -0.2) is 0 Å². The van der Waals surface area contributed by atoms with Crippen LogP contribution in [0.3, 0.4) is 0 Å². The molecule has 3 nitrogen and oxygen atoms in total. The fourth-order valence-electron chi connectivity index (χ4n) is 2.82. The Kier molecular flexibility index (Phi) is 4.97. The molecule has 0 radical (unpaired) electrons. The number of anilines is 1. The van der Waals surface area contributed by atoms with E-state index < -0.39 is 0 Å². The van der Waals surface area contributed by atoms with E-state index in [-0.39, 0.29) is 11.8 Å². The number of amides is 1. The number of carbonyl (C=O) groups is 1. The molecule has 1 aliphatic rings. The highest BCUT2D eigenvalue weighted by molar-refractivity contribution is 5.93. The van der Waals surface area contributed by atoms with Gasteiger partial charge in [0.25, 0.3) is 0 Å². The van der Waals surface area contributed by atoms with Gasteiger partial charge in [-0.2, -0.15) is 0 Å². The molecule has 0 aromatic heterocycles. The van der Waals surface area contributed by atoms with Crippen LogP contribution in [0, 0.1) is 11.8 Å². The Balaban J connectivity index is 2.03. The van der Waals surface area contributed by atoms with Crippen LogP contribution in [0.2, 0.25) is 0 Å². The number of carbonyl (C=O) groups excluding carboxylic acids is 1. The van der Waals surface area contributed by atoms with Gasteiger partial charge in [0, 0.05) is 18.2 Å². The second kappa shape index (κ2) is 6.71. The molecular weight excluding hydrogens is 236 g/mol. The average Bonchev–Trinajstić information content (AvgIpc) is 2.84. The molecule has 2 rings (SSSR count). The van der Waals surface area contributed by atoms with E-state index in [4.69, 9.17) is 0 Å². The lowest BCUT2D eigenvalue weighted by atomic mass is 9.97. The van der Waals surface area contributed by atoms with Crippen molar-refractivity contribution in [1.82, 2.24) is 5.32 Å². The third kappa shape index (κ3) is 3.57. The second-order valence-corrected chi connectivity index (χ2v) is 5.44. The first kappa shape index (κ1) is 14.1. The summed E-state index contributed by atoms with van der Waals surface area (Å²) in [4.78, 5) is 12.3. The predicted molar refractivity (Wildman–Crippen MR) is 79.0 cm³/mol. The maximum Gasteiger partial charge on any atom is 0.227 e. The van der Waals surface area contributed by atoms with Crippen LogP contribution >= 0.6 is 0 Å². The van der Waals surface area contributed by atoms with Gasteiger partial charge in [0.05, 0.1) is 0 Å². The lowest BCUT2D eigenvalue weighted by Gasteiger charge is -2.17. The highest BCUT2D eigenvalue weighted by atomic mass is 16.1. The van der Waals surface area contributed by atoms with Crippen molar-refractivity contribution in [2.45, 2.75) is 39.7 Å². The van der Waals surface area contributed by atoms with Crippen molar-refractivity contribution in [3.63, 3.8) is 0 Å². The molecule has 19 heavy (non-hydrogen) atoms. The van der Waals surface area contributed by atoms with Gasteiger partial charge < -0.3 is 10.6 Å². The summed E-state index contributed by atoms with van der Waals surface area (Å²) < 4.78 is 0. The summed E-state index contributed by atoms with van der Waals surface area (Å²) in [6.07, 6.45) is 3.39. The minimum Gasteiger partial charge on any atom is -0.326 e. The molecule has 0 heterocycles. The minimum atomic E-state index is 0.187. The van der Waals surface area contributed by atoms with Crippen LogP contribution in [0.25, 0.3) is 0 Å². The molecule has 1 aliphatic carbocycles. The first-order chi connectivity index (χ1) is 9.22. The monoisotopic (exact) mass is 260 g/mol. The Bertz CT molecular complexity index is 431. The van der Waals surface area contributed by atoms with Crippen LogP contribution in [0.4, 0.5) is 5.69 Å². The van der Waals surface area contributed by atoms with Gasteiger partial charge >= 0.3 is 0 Å². The van der Waals surface area contributed by atoms with Gasteiger partial charge in [-0.3, -0.25) is 4.79 Å². The van der Waals surface area contributed by atoms with Crippen LogP contribution in [0.15, 0.2) is 24.3 Å². The maximum absolute atomic E-state index is 12.3. The number of benzene rings is 1. The van der Waals surface area contributed by atoms with Crippen LogP contribution in [0.5, 0.6) is 0 Å². The number of para-hydroxylation sites is 1. The van der Waals surface area contributed by atoms with Crippen molar-refractivity contribution in [1.29, 1.82) is 0 Å². The first-order valence-electron chi connectivity index (χ1n) is 7.32. The molecule has 2 unspecified atom stereocenters. The van der Waals surface area contributed by atoms with E-state index >= 15 is 0 Å². The smallest absolute Gasteiger partial charge is 0.227 e. The fourth-order valence-corrected chi connectivity index (χ4v) is 2.82. The van der Waals surface area contributed by atoms with Gasteiger partial charge in [0.1, 0.15) is 0 Å². The molecule has 3 heteroatoms. The Morgan fingerprint density at radius 1 is 1.32 bits per heavy atom. The molecule has 1 fully saturated rings. The normalized spacial score (nSPS) is 22.4. The minimum absolute atomic E-state index is 0.187. The van der Waals surface area contributed by atoms with E-state index in [1.165, 1.54) is 12.8 Å². The third-order valence-electron chi connectivity index (χ3n) is 4.04. The summed E-state index contributed by atoms with van der Waals surface area (Å²) in [5.74, 6) is 0.891. The standard InChI is InChI=1S/C16H24N2O/c1-3-17-11-13-8-4-5-10-15(13)18-16(19)14-9-6-7-12(14)2/h4-5,8,10,12,14,17H,3,6-7,9,11H2,1-2H3,(H,18,19). The lowest BCUT2D eigenvalue weighted by molar-refractivity contribution is -0.120. The molecule has 0 spiro atoms. The fraction of sp³-hybridized carbons (Fsp3) is 0.562. The zero-order valence-corrected chi connectivity index (χ0v) is 11.9. The summed E-state index contributed by atoms with van der Waals surface area (Å²) in [7, 11) is 0. The molecule has 0 bridgehead atoms. The van der Waals surface area contributed by atoms with Gasteiger partial charge in [-0.15, -0.1) is 0 Å². The molecule has 0 saturated heterocycles. The molecule has 1 aromatic rings. The Morgan fingerprint density at radius 3 is 2.79 bits per heavy atom. The van der Waals surface area contributed by atoms with Gasteiger partial charge in [0.15, 0.2) is 0 Å². The number of hydrogen-bond donors (Lipinski definition) is 2. The Morgan fingerprint density at radius 2 is 2.11 bits per heavy atom. The highest BCUT2D eigenvalue weighted by Gasteiger charge is 2.29. The number of nitrogens with one attached hydrogen (secondary N) is 2. The van der Waals surface area contributed by atoms with Gasteiger partial charge in [-0.05, 0) is 36.9 Å². The Labute approximate surface area is 115 Å². The van der Waals surface area contributed by atoms with Gasteiger partial charge in [0.2, 0.25) is 5.91 Å². The quantitative estimate of drug-likeness (QED) is 0.853. The zero-order valence-electron chi connectivity index (χ0n) is 11.9. The van der Waals surface area contributed by atoms with E-state index in [1.54, 1.807) is 0 Å². The van der Waals surface area contributed by atoms with E-state index in [0.717, 1.165) is 30.8 Å². The second-order valence-electron chi connectivity index (χ2n) is 5.44. The van der Waals surface area contributed by atoms with Crippen molar-refractivity contribution in [3.05, 3.63) is 29.8 Å². The summed E-state index contributed by atoms with van der Waals surface area (Å²) in [5.41, 5.74) is 2.11. The number of rotatable bonds is 5. The van der Waals surface area contributed by atoms with Gasteiger partial charge in [-0.1, -0.05) is 38.5 Å². The SMILES string of the molecule is CCNCc1ccccc1NC(=O)C1CCCC1C. The topological polar surface area (TPSA) is 41.1 Å². The van der Waals surface area contributed by atoms with Crippen molar-refractivity contribution in [3.8, 4) is 0 Å². The maximum atomic E-state index is 12.3. The Hall–Kier alpha value is -1.35. The first-order valence-corrected chi connectivity index (χ1v) is 7.32. The van der Waals surface area contributed by atoms with Crippen LogP contribution in [0.1, 0.15) is 38.7 Å². The van der Waals surface area contributed by atoms with E-state index in [9.17, 15) is 4.79 Å². The summed E-state index contributed by atoms with van der Waals surface area (Å²) in [6.45, 7) is 6.00. The molecule has 0 aliphatic heterocycles. The summed E-state index contributed by atoms with van der Waals surface area (Å²) in [6, 6.07) is 8.05. The predicted octanol–water partition coefficient (Wildman–Crippen LogP) is 3.17.